The smallest absolute Gasteiger partial charge is 0.335 e. The number of Topliss-reactive ketones (excluding diaryl/α,β-unsaturated/α-hetero) is 1. The highest BCUT2D eigenvalue weighted by atomic mass is 16.7. The number of allylic oxidation sites excluding steroid dienone is 2. The lowest BCUT2D eigenvalue weighted by Crippen LogP contribution is -2.36. The van der Waals surface area contributed by atoms with Crippen LogP contribution in [0.5, 0.6) is 0 Å². The summed E-state index contributed by atoms with van der Waals surface area (Å²) < 4.78 is 10.6. The molecule has 114 valence electrons. The molecule has 0 bridgehead atoms. The molecule has 0 spiro atoms. The van der Waals surface area contributed by atoms with E-state index in [9.17, 15) is 9.59 Å². The van der Waals surface area contributed by atoms with Gasteiger partial charge in [-0.25, -0.2) is 4.79 Å². The molecule has 1 atom stereocenters. The minimum atomic E-state index is -1.18. The monoisotopic (exact) mass is 298 g/mol. The fourth-order valence-corrected chi connectivity index (χ4v) is 2.04. The molecule has 0 fully saturated rings. The van der Waals surface area contributed by atoms with Crippen molar-refractivity contribution in [2.24, 2.45) is 0 Å². The maximum Gasteiger partial charge on any atom is 0.335 e. The lowest BCUT2D eigenvalue weighted by atomic mass is 9.95. The van der Waals surface area contributed by atoms with Crippen molar-refractivity contribution in [3.05, 3.63) is 71.8 Å². The topological polar surface area (TPSA) is 52.6 Å². The average molecular weight is 298 g/mol. The first-order valence-corrected chi connectivity index (χ1v) is 6.90. The summed E-state index contributed by atoms with van der Waals surface area (Å²) in [5.41, 5.74) is 1.45. The average Bonchev–Trinajstić information content (AvgIpc) is 2.55. The summed E-state index contributed by atoms with van der Waals surface area (Å²) in [5.74, 6) is -1.79. The van der Waals surface area contributed by atoms with E-state index >= 15 is 0 Å². The number of hydrogen-bond donors (Lipinski definition) is 0. The molecule has 0 aliphatic heterocycles. The highest BCUT2D eigenvalue weighted by Gasteiger charge is 2.33. The molecule has 1 aliphatic carbocycles. The van der Waals surface area contributed by atoms with Gasteiger partial charge in [-0.3, -0.25) is 4.79 Å². The van der Waals surface area contributed by atoms with Crippen LogP contribution in [0, 0.1) is 0 Å². The van der Waals surface area contributed by atoms with Crippen LogP contribution in [-0.4, -0.2) is 24.6 Å². The van der Waals surface area contributed by atoms with Crippen LogP contribution in [0.15, 0.2) is 66.3 Å². The van der Waals surface area contributed by atoms with Crippen molar-refractivity contribution in [1.29, 1.82) is 0 Å². The van der Waals surface area contributed by atoms with E-state index in [2.05, 4.69) is 6.58 Å². The van der Waals surface area contributed by atoms with Crippen LogP contribution in [0.4, 0.5) is 0 Å². The van der Waals surface area contributed by atoms with Gasteiger partial charge in [0.1, 0.15) is 0 Å². The summed E-state index contributed by atoms with van der Waals surface area (Å²) in [6, 6.07) is 9.00. The fraction of sp³-hybridized carbons (Fsp3) is 0.222. The third kappa shape index (κ3) is 3.40. The normalized spacial score (nSPS) is 20.2. The predicted octanol–water partition coefficient (Wildman–Crippen LogP) is 3.22. The fourth-order valence-electron chi connectivity index (χ4n) is 2.04. The van der Waals surface area contributed by atoms with Gasteiger partial charge >= 0.3 is 5.97 Å². The number of ketones is 1. The molecule has 1 aromatic carbocycles. The van der Waals surface area contributed by atoms with Crippen LogP contribution in [0.2, 0.25) is 0 Å². The van der Waals surface area contributed by atoms with Gasteiger partial charge < -0.3 is 9.47 Å². The van der Waals surface area contributed by atoms with Gasteiger partial charge in [-0.15, -0.1) is 0 Å². The van der Waals surface area contributed by atoms with Crippen LogP contribution in [0.25, 0.3) is 0 Å². The molecule has 0 aromatic heterocycles. The minimum absolute atomic E-state index is 0.0761. The molecule has 4 nitrogen and oxygen atoms in total. The highest BCUT2D eigenvalue weighted by molar-refractivity contribution is 6.10. The van der Waals surface area contributed by atoms with Crippen molar-refractivity contribution in [3.63, 3.8) is 0 Å². The Balaban J connectivity index is 2.14. The Bertz CT molecular complexity index is 655. The van der Waals surface area contributed by atoms with E-state index in [0.29, 0.717) is 16.7 Å². The van der Waals surface area contributed by atoms with Crippen LogP contribution < -0.4 is 0 Å². The van der Waals surface area contributed by atoms with E-state index in [1.807, 2.05) is 18.2 Å². The number of ether oxygens (including phenoxy) is 2. The third-order valence-electron chi connectivity index (χ3n) is 3.38. The number of carbonyl (C=O) groups is 2. The lowest BCUT2D eigenvalue weighted by molar-refractivity contribution is -0.195. The van der Waals surface area contributed by atoms with Gasteiger partial charge in [-0.1, -0.05) is 43.0 Å². The third-order valence-corrected chi connectivity index (χ3v) is 3.38. The first-order chi connectivity index (χ1) is 10.5. The van der Waals surface area contributed by atoms with Gasteiger partial charge in [0.05, 0.1) is 0 Å². The number of hydrogen-bond acceptors (Lipinski definition) is 4. The number of rotatable bonds is 5. The summed E-state index contributed by atoms with van der Waals surface area (Å²) in [7, 11) is 1.45. The zero-order valence-corrected chi connectivity index (χ0v) is 12.7. The second-order valence-corrected chi connectivity index (χ2v) is 5.08. The van der Waals surface area contributed by atoms with Gasteiger partial charge in [0.2, 0.25) is 5.79 Å². The minimum Gasteiger partial charge on any atom is -0.426 e. The van der Waals surface area contributed by atoms with Gasteiger partial charge in [-0.2, -0.15) is 0 Å². The molecule has 4 heteroatoms. The summed E-state index contributed by atoms with van der Waals surface area (Å²) in [4.78, 5) is 24.0. The van der Waals surface area contributed by atoms with Crippen molar-refractivity contribution >= 4 is 11.8 Å². The molecular formula is C18H18O4. The molecule has 22 heavy (non-hydrogen) atoms. The van der Waals surface area contributed by atoms with Crippen molar-refractivity contribution in [2.75, 3.05) is 7.11 Å². The zero-order chi connectivity index (χ0) is 16.2. The molecule has 0 saturated heterocycles. The molecule has 0 N–H and O–H groups in total. The second-order valence-electron chi connectivity index (χ2n) is 5.08. The zero-order valence-electron chi connectivity index (χ0n) is 12.7. The first kappa shape index (κ1) is 15.9. The SMILES string of the molecule is C=C(C)C(=O)OC1(OC)C=CC(C(=O)c2ccccc2)=CC1. The number of methoxy groups -OCH3 is 1. The largest absolute Gasteiger partial charge is 0.426 e. The maximum absolute atomic E-state index is 12.3. The molecule has 0 saturated carbocycles. The molecule has 1 aromatic rings. The van der Waals surface area contributed by atoms with Gasteiger partial charge in [-0.05, 0) is 19.1 Å². The van der Waals surface area contributed by atoms with Gasteiger partial charge in [0, 0.05) is 30.2 Å². The van der Waals surface area contributed by atoms with E-state index in [1.165, 1.54) is 7.11 Å². The maximum atomic E-state index is 12.3. The van der Waals surface area contributed by atoms with Crippen molar-refractivity contribution in [1.82, 2.24) is 0 Å². The molecule has 0 heterocycles. The number of benzene rings is 1. The van der Waals surface area contributed by atoms with Crippen LogP contribution in [0.1, 0.15) is 23.7 Å². The summed E-state index contributed by atoms with van der Waals surface area (Å²) in [6.07, 6.45) is 5.19. The van der Waals surface area contributed by atoms with Crippen LogP contribution in [-0.2, 0) is 14.3 Å². The lowest BCUT2D eigenvalue weighted by Gasteiger charge is -2.30. The number of esters is 1. The van der Waals surface area contributed by atoms with E-state index in [-0.39, 0.29) is 12.2 Å². The van der Waals surface area contributed by atoms with Crippen LogP contribution >= 0.6 is 0 Å². The molecule has 0 amide bonds. The van der Waals surface area contributed by atoms with E-state index in [0.717, 1.165) is 0 Å². The Morgan fingerprint density at radius 2 is 1.91 bits per heavy atom. The Kier molecular flexibility index (Phi) is 4.73. The van der Waals surface area contributed by atoms with E-state index < -0.39 is 11.8 Å². The first-order valence-electron chi connectivity index (χ1n) is 6.90. The molecule has 1 aliphatic rings. The predicted molar refractivity (Wildman–Crippen MR) is 83.3 cm³/mol. The number of carbonyl (C=O) groups excluding carboxylic acids is 2. The Morgan fingerprint density at radius 1 is 1.23 bits per heavy atom. The van der Waals surface area contributed by atoms with Crippen molar-refractivity contribution < 1.29 is 19.1 Å². The molecule has 0 radical (unpaired) electrons. The molecule has 1 unspecified atom stereocenters. The summed E-state index contributed by atoms with van der Waals surface area (Å²) in [5, 5.41) is 0. The van der Waals surface area contributed by atoms with Gasteiger partial charge in [0.25, 0.3) is 0 Å². The van der Waals surface area contributed by atoms with E-state index in [1.54, 1.807) is 37.3 Å². The van der Waals surface area contributed by atoms with E-state index in [4.69, 9.17) is 9.47 Å². The summed E-state index contributed by atoms with van der Waals surface area (Å²) >= 11 is 0. The Labute approximate surface area is 129 Å². The highest BCUT2D eigenvalue weighted by Crippen LogP contribution is 2.28. The Morgan fingerprint density at radius 3 is 2.41 bits per heavy atom. The molecular weight excluding hydrogens is 280 g/mol. The van der Waals surface area contributed by atoms with Crippen molar-refractivity contribution in [2.45, 2.75) is 19.1 Å². The van der Waals surface area contributed by atoms with Crippen molar-refractivity contribution in [3.8, 4) is 0 Å². The van der Waals surface area contributed by atoms with Crippen LogP contribution in [0.3, 0.4) is 0 Å². The summed E-state index contributed by atoms with van der Waals surface area (Å²) in [6.45, 7) is 5.11. The quantitative estimate of drug-likeness (QED) is 0.362. The molecule has 2 rings (SSSR count). The van der Waals surface area contributed by atoms with Gasteiger partial charge in [0.15, 0.2) is 5.78 Å². The second kappa shape index (κ2) is 6.54. The standard InChI is InChI=1S/C18H18O4/c1-13(2)17(20)22-18(21-3)11-9-15(10-12-18)16(19)14-7-5-4-6-8-14/h4-11H,1,12H2,2-3H3. The Hall–Kier alpha value is -2.46.